The molecule has 0 aliphatic heterocycles. The Morgan fingerprint density at radius 3 is 2.67 bits per heavy atom. The van der Waals surface area contributed by atoms with Crippen LogP contribution in [0, 0.1) is 0 Å². The lowest BCUT2D eigenvalue weighted by Crippen LogP contribution is -2.02. The zero-order valence-electron chi connectivity index (χ0n) is 9.08. The van der Waals surface area contributed by atoms with E-state index in [0.29, 0.717) is 0 Å². The van der Waals surface area contributed by atoms with Gasteiger partial charge in [0.1, 0.15) is 0 Å². The van der Waals surface area contributed by atoms with Crippen LogP contribution in [-0.2, 0) is 0 Å². The van der Waals surface area contributed by atoms with Crippen LogP contribution >= 0.6 is 0 Å². The number of pyridine rings is 1. The highest BCUT2D eigenvalue weighted by Gasteiger charge is 1.97. The van der Waals surface area contributed by atoms with Gasteiger partial charge in [0.2, 0.25) is 5.56 Å². The molecule has 0 amide bonds. The van der Waals surface area contributed by atoms with Crippen molar-refractivity contribution in [1.82, 2.24) is 4.98 Å². The predicted molar refractivity (Wildman–Crippen MR) is 64.7 cm³/mol. The minimum atomic E-state index is -0.0890. The molecule has 0 unspecified atom stereocenters. The van der Waals surface area contributed by atoms with Gasteiger partial charge >= 0.3 is 0 Å². The van der Waals surface area contributed by atoms with Crippen LogP contribution in [0.1, 0.15) is 19.4 Å². The Hall–Kier alpha value is -1.83. The molecule has 0 radical (unpaired) electrons. The number of rotatable bonds is 3. The fourth-order valence-corrected chi connectivity index (χ4v) is 1.26. The van der Waals surface area contributed by atoms with Gasteiger partial charge in [0, 0.05) is 12.3 Å². The summed E-state index contributed by atoms with van der Waals surface area (Å²) in [5.41, 5.74) is 2.92. The molecule has 1 heterocycles. The molecule has 0 spiro atoms. The molecule has 1 rings (SSSR count). The van der Waals surface area contributed by atoms with Gasteiger partial charge in [0.05, 0.1) is 0 Å². The van der Waals surface area contributed by atoms with E-state index in [9.17, 15) is 4.79 Å². The summed E-state index contributed by atoms with van der Waals surface area (Å²) < 4.78 is 0. The van der Waals surface area contributed by atoms with Crippen molar-refractivity contribution in [2.75, 3.05) is 0 Å². The molecule has 0 fully saturated rings. The monoisotopic (exact) mass is 201 g/mol. The Balaban J connectivity index is 3.15. The Morgan fingerprint density at radius 1 is 1.47 bits per heavy atom. The molecule has 2 heteroatoms. The van der Waals surface area contributed by atoms with Gasteiger partial charge in [-0.05, 0) is 31.1 Å². The Labute approximate surface area is 89.7 Å². The molecule has 0 aliphatic rings. The summed E-state index contributed by atoms with van der Waals surface area (Å²) in [6.45, 7) is 7.73. The van der Waals surface area contributed by atoms with E-state index >= 15 is 0 Å². The second kappa shape index (κ2) is 5.15. The third kappa shape index (κ3) is 3.43. The molecule has 1 aromatic rings. The van der Waals surface area contributed by atoms with E-state index in [4.69, 9.17) is 0 Å². The highest BCUT2D eigenvalue weighted by Crippen LogP contribution is 2.15. The van der Waals surface area contributed by atoms with Gasteiger partial charge in [-0.15, -0.1) is 0 Å². The van der Waals surface area contributed by atoms with Crippen molar-refractivity contribution in [2.24, 2.45) is 0 Å². The van der Waals surface area contributed by atoms with Crippen LogP contribution in [0.3, 0.4) is 0 Å². The Bertz CT molecular complexity index is 443. The summed E-state index contributed by atoms with van der Waals surface area (Å²) in [7, 11) is 0. The lowest BCUT2D eigenvalue weighted by atomic mass is 10.1. The average Bonchev–Trinajstić information content (AvgIpc) is 2.17. The van der Waals surface area contributed by atoms with Crippen molar-refractivity contribution in [2.45, 2.75) is 13.8 Å². The smallest absolute Gasteiger partial charge is 0.247 e. The molecule has 1 aromatic heterocycles. The van der Waals surface area contributed by atoms with Gasteiger partial charge < -0.3 is 4.98 Å². The predicted octanol–water partition coefficient (Wildman–Crippen LogP) is 2.91. The van der Waals surface area contributed by atoms with Crippen molar-refractivity contribution in [1.29, 1.82) is 0 Å². The van der Waals surface area contributed by atoms with Crippen molar-refractivity contribution in [3.63, 3.8) is 0 Å². The fraction of sp³-hybridized carbons (Fsp3) is 0.154. The van der Waals surface area contributed by atoms with E-state index in [1.54, 1.807) is 12.3 Å². The maximum Gasteiger partial charge on any atom is 0.247 e. The van der Waals surface area contributed by atoms with E-state index in [-0.39, 0.29) is 5.56 Å². The summed E-state index contributed by atoms with van der Waals surface area (Å²) in [6.07, 6.45) is 7.63. The third-order valence-corrected chi connectivity index (χ3v) is 1.87. The molecule has 15 heavy (non-hydrogen) atoms. The van der Waals surface area contributed by atoms with Gasteiger partial charge in [-0.3, -0.25) is 4.79 Å². The second-order valence-electron chi connectivity index (χ2n) is 3.39. The Morgan fingerprint density at radius 2 is 2.20 bits per heavy atom. The number of nitrogens with one attached hydrogen (secondary N) is 1. The number of hydrogen-bond acceptors (Lipinski definition) is 1. The molecule has 0 saturated carbocycles. The molecular weight excluding hydrogens is 186 g/mol. The normalized spacial score (nSPS) is 12.0. The van der Waals surface area contributed by atoms with Crippen LogP contribution < -0.4 is 5.56 Å². The van der Waals surface area contributed by atoms with E-state index in [1.165, 1.54) is 6.07 Å². The van der Waals surface area contributed by atoms with Gasteiger partial charge in [-0.2, -0.15) is 0 Å². The summed E-state index contributed by atoms with van der Waals surface area (Å²) in [5, 5.41) is 0. The third-order valence-electron chi connectivity index (χ3n) is 1.87. The summed E-state index contributed by atoms with van der Waals surface area (Å²) in [6, 6.07) is 3.32. The van der Waals surface area contributed by atoms with Gasteiger partial charge in [-0.1, -0.05) is 30.4 Å². The van der Waals surface area contributed by atoms with Crippen LogP contribution in [0.4, 0.5) is 0 Å². The maximum atomic E-state index is 10.9. The molecule has 1 N–H and O–H groups in total. The molecule has 0 saturated heterocycles. The van der Waals surface area contributed by atoms with E-state index in [0.717, 1.165) is 16.7 Å². The zero-order valence-corrected chi connectivity index (χ0v) is 9.08. The molecular formula is C13H15NO. The van der Waals surface area contributed by atoms with Crippen LogP contribution in [0.5, 0.6) is 0 Å². The second-order valence-corrected chi connectivity index (χ2v) is 3.39. The van der Waals surface area contributed by atoms with Crippen molar-refractivity contribution in [3.05, 3.63) is 64.6 Å². The van der Waals surface area contributed by atoms with Crippen molar-refractivity contribution in [3.8, 4) is 0 Å². The highest BCUT2D eigenvalue weighted by atomic mass is 16.1. The van der Waals surface area contributed by atoms with Crippen LogP contribution in [0.25, 0.3) is 5.57 Å². The maximum absolute atomic E-state index is 10.9. The molecule has 0 aliphatic carbocycles. The number of aromatic amines is 1. The summed E-state index contributed by atoms with van der Waals surface area (Å²) in [5.74, 6) is 0. The van der Waals surface area contributed by atoms with Gasteiger partial charge in [0.25, 0.3) is 0 Å². The van der Waals surface area contributed by atoms with Crippen LogP contribution in [0.2, 0.25) is 0 Å². The van der Waals surface area contributed by atoms with Crippen LogP contribution in [-0.4, -0.2) is 4.98 Å². The SMILES string of the molecule is C=C(C)C=C(C=CC)c1ccc(=O)[nH]c1. The standard InChI is InChI=1S/C13H15NO/c1-4-5-11(8-10(2)3)12-6-7-13(15)14-9-12/h4-9H,2H2,1,3H3,(H,14,15). The van der Waals surface area contributed by atoms with E-state index < -0.39 is 0 Å². The first-order chi connectivity index (χ1) is 7.13. The number of hydrogen-bond donors (Lipinski definition) is 1. The summed E-state index contributed by atoms with van der Waals surface area (Å²) in [4.78, 5) is 13.6. The number of H-pyrrole nitrogens is 1. The first kappa shape index (κ1) is 11.2. The molecule has 0 atom stereocenters. The minimum absolute atomic E-state index is 0.0890. The largest absolute Gasteiger partial charge is 0.328 e. The van der Waals surface area contributed by atoms with Crippen molar-refractivity contribution >= 4 is 5.57 Å². The molecule has 0 aromatic carbocycles. The lowest BCUT2D eigenvalue weighted by Gasteiger charge is -2.01. The first-order valence-electron chi connectivity index (χ1n) is 4.82. The van der Waals surface area contributed by atoms with E-state index in [2.05, 4.69) is 11.6 Å². The lowest BCUT2D eigenvalue weighted by molar-refractivity contribution is 1.23. The molecule has 0 bridgehead atoms. The number of aromatic nitrogens is 1. The van der Waals surface area contributed by atoms with Crippen LogP contribution in [0.15, 0.2) is 53.5 Å². The number of allylic oxidation sites excluding steroid dienone is 5. The summed E-state index contributed by atoms with van der Waals surface area (Å²) >= 11 is 0. The van der Waals surface area contributed by atoms with Gasteiger partial charge in [-0.25, -0.2) is 0 Å². The molecule has 78 valence electrons. The average molecular weight is 201 g/mol. The fourth-order valence-electron chi connectivity index (χ4n) is 1.26. The van der Waals surface area contributed by atoms with Gasteiger partial charge in [0.15, 0.2) is 0 Å². The topological polar surface area (TPSA) is 32.9 Å². The quantitative estimate of drug-likeness (QED) is 0.749. The van der Waals surface area contributed by atoms with E-state index in [1.807, 2.05) is 32.1 Å². The zero-order chi connectivity index (χ0) is 11.3. The Kier molecular flexibility index (Phi) is 3.86. The molecule has 2 nitrogen and oxygen atoms in total. The minimum Gasteiger partial charge on any atom is -0.328 e. The first-order valence-corrected chi connectivity index (χ1v) is 4.82. The van der Waals surface area contributed by atoms with Crippen molar-refractivity contribution < 1.29 is 0 Å². The highest BCUT2D eigenvalue weighted by molar-refractivity contribution is 5.75.